The normalized spacial score (nSPS) is 42.6. The minimum absolute atomic E-state index is 0.509. The Kier molecular flexibility index (Phi) is 3.21. The molecule has 4 atom stereocenters. The lowest BCUT2D eigenvalue weighted by Gasteiger charge is -2.29. The van der Waals surface area contributed by atoms with Crippen LogP contribution in [0, 0.1) is 23.7 Å². The Morgan fingerprint density at radius 2 is 1.88 bits per heavy atom. The molecular formula is C14H26N2. The molecule has 2 heteroatoms. The molecule has 0 aromatic carbocycles. The molecule has 2 bridgehead atoms. The molecule has 3 aliphatic rings. The van der Waals surface area contributed by atoms with Gasteiger partial charge in [-0.3, -0.25) is 0 Å². The van der Waals surface area contributed by atoms with Gasteiger partial charge in [-0.15, -0.1) is 0 Å². The fraction of sp³-hybridized carbons (Fsp3) is 1.00. The maximum atomic E-state index is 6.30. The molecule has 3 fully saturated rings. The first-order valence-corrected chi connectivity index (χ1v) is 7.31. The number of fused-ring (bicyclic) bond motifs is 2. The highest BCUT2D eigenvalue weighted by atomic mass is 14.9. The third-order valence-electron chi connectivity index (χ3n) is 5.49. The number of hydrogen-bond donors (Lipinski definition) is 2. The van der Waals surface area contributed by atoms with Gasteiger partial charge in [0.15, 0.2) is 0 Å². The molecule has 92 valence electrons. The number of hydrogen-bond acceptors (Lipinski definition) is 2. The smallest absolute Gasteiger partial charge is 0.0110 e. The van der Waals surface area contributed by atoms with Crippen LogP contribution in [-0.4, -0.2) is 19.1 Å². The first-order chi connectivity index (χ1) is 7.84. The van der Waals surface area contributed by atoms with Crippen molar-refractivity contribution in [3.63, 3.8) is 0 Å². The summed E-state index contributed by atoms with van der Waals surface area (Å²) in [5.41, 5.74) is 6.30. The topological polar surface area (TPSA) is 38.0 Å². The van der Waals surface area contributed by atoms with E-state index in [4.69, 9.17) is 5.73 Å². The van der Waals surface area contributed by atoms with Crippen LogP contribution in [0.25, 0.3) is 0 Å². The Hall–Kier alpha value is -0.0800. The second-order valence-corrected chi connectivity index (χ2v) is 6.36. The predicted molar refractivity (Wildman–Crippen MR) is 67.1 cm³/mol. The minimum Gasteiger partial charge on any atom is -0.327 e. The zero-order valence-electron chi connectivity index (χ0n) is 10.3. The standard InChI is InChI=1S/C14H26N2/c15-14-12-5-4-11(8-12)13(14)9-16-7-6-10-2-1-3-10/h10-14,16H,1-9,15H2. The molecule has 0 saturated heterocycles. The van der Waals surface area contributed by atoms with E-state index in [9.17, 15) is 0 Å². The van der Waals surface area contributed by atoms with E-state index in [1.54, 1.807) is 0 Å². The van der Waals surface area contributed by atoms with Crippen LogP contribution < -0.4 is 11.1 Å². The number of nitrogens with one attached hydrogen (secondary N) is 1. The van der Waals surface area contributed by atoms with Crippen LogP contribution in [0.5, 0.6) is 0 Å². The molecule has 0 radical (unpaired) electrons. The van der Waals surface area contributed by atoms with Crippen LogP contribution in [0.2, 0.25) is 0 Å². The maximum Gasteiger partial charge on any atom is 0.0110 e. The molecule has 0 aromatic heterocycles. The van der Waals surface area contributed by atoms with Gasteiger partial charge in [0, 0.05) is 6.04 Å². The van der Waals surface area contributed by atoms with Crippen LogP contribution in [0.4, 0.5) is 0 Å². The van der Waals surface area contributed by atoms with E-state index < -0.39 is 0 Å². The summed E-state index contributed by atoms with van der Waals surface area (Å²) < 4.78 is 0. The van der Waals surface area contributed by atoms with Crippen LogP contribution in [0.1, 0.15) is 44.9 Å². The highest BCUT2D eigenvalue weighted by Gasteiger charge is 2.45. The Labute approximate surface area is 99.4 Å². The van der Waals surface area contributed by atoms with Gasteiger partial charge in [0.25, 0.3) is 0 Å². The van der Waals surface area contributed by atoms with Crippen molar-refractivity contribution in [2.45, 2.75) is 51.0 Å². The average molecular weight is 222 g/mol. The van der Waals surface area contributed by atoms with Gasteiger partial charge < -0.3 is 11.1 Å². The maximum absolute atomic E-state index is 6.30. The minimum atomic E-state index is 0.509. The van der Waals surface area contributed by atoms with E-state index in [0.717, 1.165) is 23.7 Å². The van der Waals surface area contributed by atoms with Crippen molar-refractivity contribution in [2.24, 2.45) is 29.4 Å². The summed E-state index contributed by atoms with van der Waals surface area (Å²) in [6.07, 6.45) is 10.1. The van der Waals surface area contributed by atoms with E-state index in [2.05, 4.69) is 5.32 Å². The van der Waals surface area contributed by atoms with E-state index in [0.29, 0.717) is 6.04 Å². The zero-order chi connectivity index (χ0) is 11.0. The second kappa shape index (κ2) is 4.66. The molecule has 3 rings (SSSR count). The molecule has 0 aliphatic heterocycles. The quantitative estimate of drug-likeness (QED) is 0.699. The van der Waals surface area contributed by atoms with Crippen molar-refractivity contribution < 1.29 is 0 Å². The van der Waals surface area contributed by atoms with Crippen LogP contribution >= 0.6 is 0 Å². The van der Waals surface area contributed by atoms with Crippen molar-refractivity contribution >= 4 is 0 Å². The predicted octanol–water partition coefficient (Wildman–Crippen LogP) is 2.14. The molecule has 0 amide bonds. The Bertz CT molecular complexity index is 235. The summed E-state index contributed by atoms with van der Waals surface area (Å²) in [6, 6.07) is 0.509. The lowest BCUT2D eigenvalue weighted by atomic mass is 9.82. The monoisotopic (exact) mass is 222 g/mol. The van der Waals surface area contributed by atoms with E-state index in [-0.39, 0.29) is 0 Å². The third-order valence-corrected chi connectivity index (χ3v) is 5.49. The first-order valence-electron chi connectivity index (χ1n) is 7.31. The molecule has 0 aromatic rings. The molecule has 3 saturated carbocycles. The SMILES string of the molecule is NC1C2CCC(C2)C1CNCCC1CCC1. The zero-order valence-corrected chi connectivity index (χ0v) is 10.3. The van der Waals surface area contributed by atoms with Crippen molar-refractivity contribution in [1.29, 1.82) is 0 Å². The summed E-state index contributed by atoms with van der Waals surface area (Å²) in [7, 11) is 0. The van der Waals surface area contributed by atoms with Gasteiger partial charge in [-0.05, 0) is 62.4 Å². The van der Waals surface area contributed by atoms with Crippen molar-refractivity contribution in [3.05, 3.63) is 0 Å². The molecule has 3 aliphatic carbocycles. The highest BCUT2D eigenvalue weighted by molar-refractivity contribution is 4.99. The first kappa shape index (κ1) is 11.0. The van der Waals surface area contributed by atoms with Gasteiger partial charge in [0.2, 0.25) is 0 Å². The van der Waals surface area contributed by atoms with Gasteiger partial charge in [0.05, 0.1) is 0 Å². The summed E-state index contributed by atoms with van der Waals surface area (Å²) in [4.78, 5) is 0. The number of nitrogens with two attached hydrogens (primary N) is 1. The Balaban J connectivity index is 1.35. The van der Waals surface area contributed by atoms with Crippen LogP contribution in [0.3, 0.4) is 0 Å². The van der Waals surface area contributed by atoms with Crippen molar-refractivity contribution in [3.8, 4) is 0 Å². The molecule has 4 unspecified atom stereocenters. The molecular weight excluding hydrogens is 196 g/mol. The Morgan fingerprint density at radius 3 is 2.50 bits per heavy atom. The average Bonchev–Trinajstić information content (AvgIpc) is 2.77. The van der Waals surface area contributed by atoms with Crippen molar-refractivity contribution in [2.75, 3.05) is 13.1 Å². The molecule has 16 heavy (non-hydrogen) atoms. The van der Waals surface area contributed by atoms with E-state index in [1.807, 2.05) is 0 Å². The van der Waals surface area contributed by atoms with Crippen LogP contribution in [0.15, 0.2) is 0 Å². The molecule has 0 heterocycles. The Morgan fingerprint density at radius 1 is 1.06 bits per heavy atom. The van der Waals surface area contributed by atoms with Crippen LogP contribution in [-0.2, 0) is 0 Å². The van der Waals surface area contributed by atoms with Gasteiger partial charge in [-0.1, -0.05) is 19.3 Å². The van der Waals surface area contributed by atoms with Gasteiger partial charge in [-0.2, -0.15) is 0 Å². The van der Waals surface area contributed by atoms with Gasteiger partial charge >= 0.3 is 0 Å². The van der Waals surface area contributed by atoms with Crippen molar-refractivity contribution in [1.82, 2.24) is 5.32 Å². The summed E-state index contributed by atoms with van der Waals surface area (Å²) in [6.45, 7) is 2.42. The number of rotatable bonds is 5. The van der Waals surface area contributed by atoms with Gasteiger partial charge in [-0.25, -0.2) is 0 Å². The molecule has 3 N–H and O–H groups in total. The van der Waals surface area contributed by atoms with E-state index in [1.165, 1.54) is 58.0 Å². The highest BCUT2D eigenvalue weighted by Crippen LogP contribution is 2.47. The molecule has 2 nitrogen and oxygen atoms in total. The molecule has 0 spiro atoms. The summed E-state index contributed by atoms with van der Waals surface area (Å²) >= 11 is 0. The van der Waals surface area contributed by atoms with E-state index >= 15 is 0 Å². The third kappa shape index (κ3) is 2.02. The largest absolute Gasteiger partial charge is 0.327 e. The summed E-state index contributed by atoms with van der Waals surface area (Å²) in [5, 5.41) is 3.66. The fourth-order valence-corrected chi connectivity index (χ4v) is 4.11. The lowest BCUT2D eigenvalue weighted by molar-refractivity contribution is 0.261. The summed E-state index contributed by atoms with van der Waals surface area (Å²) in [5.74, 6) is 3.65. The second-order valence-electron chi connectivity index (χ2n) is 6.36. The fourth-order valence-electron chi connectivity index (χ4n) is 4.11. The lowest BCUT2D eigenvalue weighted by Crippen LogP contribution is -2.41. The van der Waals surface area contributed by atoms with Gasteiger partial charge in [0.1, 0.15) is 0 Å².